The predicted octanol–water partition coefficient (Wildman–Crippen LogP) is 0.845. The topological polar surface area (TPSA) is 69.7 Å². The summed E-state index contributed by atoms with van der Waals surface area (Å²) in [4.78, 5) is 39.1. The lowest BCUT2D eigenvalue weighted by Crippen LogP contribution is -2.52. The second-order valence-electron chi connectivity index (χ2n) is 5.95. The average molecular weight is 319 g/mol. The second-order valence-corrected chi connectivity index (χ2v) is 5.95. The van der Waals surface area contributed by atoms with Gasteiger partial charge in [0.25, 0.3) is 0 Å². The minimum absolute atomic E-state index is 0.0855. The van der Waals surface area contributed by atoms with E-state index in [1.165, 1.54) is 18.2 Å². The van der Waals surface area contributed by atoms with Gasteiger partial charge < -0.3 is 15.1 Å². The Morgan fingerprint density at radius 1 is 1.13 bits per heavy atom. The molecule has 1 saturated carbocycles. The maximum absolute atomic E-state index is 13.6. The third kappa shape index (κ3) is 2.91. The van der Waals surface area contributed by atoms with E-state index >= 15 is 0 Å². The quantitative estimate of drug-likeness (QED) is 0.660. The monoisotopic (exact) mass is 319 g/mol. The summed E-state index contributed by atoms with van der Waals surface area (Å²) >= 11 is 0. The Bertz CT molecular complexity index is 637. The number of hydrogen-bond donors (Lipinski definition) is 1. The van der Waals surface area contributed by atoms with Crippen molar-refractivity contribution in [2.24, 2.45) is 5.41 Å². The van der Waals surface area contributed by atoms with Crippen molar-refractivity contribution in [1.29, 1.82) is 0 Å². The molecule has 3 amide bonds. The van der Waals surface area contributed by atoms with E-state index in [0.717, 1.165) is 6.41 Å². The molecule has 1 aromatic rings. The highest BCUT2D eigenvalue weighted by Crippen LogP contribution is 2.48. The van der Waals surface area contributed by atoms with Crippen molar-refractivity contribution in [2.45, 2.75) is 12.8 Å². The van der Waals surface area contributed by atoms with E-state index in [2.05, 4.69) is 5.32 Å². The second kappa shape index (κ2) is 5.98. The zero-order valence-corrected chi connectivity index (χ0v) is 12.6. The van der Waals surface area contributed by atoms with E-state index in [4.69, 9.17) is 0 Å². The summed E-state index contributed by atoms with van der Waals surface area (Å²) in [6.45, 7) is 1.79. The van der Waals surface area contributed by atoms with Gasteiger partial charge in [0, 0.05) is 26.2 Å². The van der Waals surface area contributed by atoms with Crippen LogP contribution in [0.2, 0.25) is 0 Å². The molecule has 1 N–H and O–H groups in total. The number of hydrogen-bond acceptors (Lipinski definition) is 3. The van der Waals surface area contributed by atoms with Gasteiger partial charge in [-0.05, 0) is 25.0 Å². The highest BCUT2D eigenvalue weighted by Gasteiger charge is 2.58. The number of carbonyl (C=O) groups is 3. The van der Waals surface area contributed by atoms with Crippen LogP contribution < -0.4 is 5.32 Å². The number of nitrogens with zero attached hydrogens (tertiary/aromatic N) is 2. The van der Waals surface area contributed by atoms with Crippen LogP contribution in [0.25, 0.3) is 0 Å². The van der Waals surface area contributed by atoms with Crippen molar-refractivity contribution >= 4 is 23.9 Å². The van der Waals surface area contributed by atoms with E-state index in [9.17, 15) is 18.8 Å². The number of benzene rings is 1. The Morgan fingerprint density at radius 3 is 2.35 bits per heavy atom. The molecule has 2 aliphatic rings. The first-order chi connectivity index (χ1) is 11.1. The van der Waals surface area contributed by atoms with Gasteiger partial charge in [0.15, 0.2) is 0 Å². The number of halogens is 1. The van der Waals surface area contributed by atoms with Crippen LogP contribution in [0.5, 0.6) is 0 Å². The molecule has 0 aromatic heterocycles. The number of amides is 3. The van der Waals surface area contributed by atoms with Gasteiger partial charge in [-0.1, -0.05) is 12.1 Å². The van der Waals surface area contributed by atoms with Crippen LogP contribution in [-0.2, 0) is 14.4 Å². The summed E-state index contributed by atoms with van der Waals surface area (Å²) in [5.74, 6) is -1.20. The van der Waals surface area contributed by atoms with Crippen LogP contribution in [0.1, 0.15) is 12.8 Å². The molecule has 23 heavy (non-hydrogen) atoms. The normalized spacial score (nSPS) is 19.2. The third-order valence-corrected chi connectivity index (χ3v) is 4.47. The highest BCUT2D eigenvalue weighted by molar-refractivity contribution is 6.13. The Labute approximate surface area is 133 Å². The molecule has 1 aromatic carbocycles. The van der Waals surface area contributed by atoms with Crippen LogP contribution in [0.15, 0.2) is 24.3 Å². The Kier molecular flexibility index (Phi) is 4.02. The molecule has 0 spiro atoms. The van der Waals surface area contributed by atoms with Gasteiger partial charge in [0.05, 0.1) is 5.69 Å². The molecule has 3 rings (SSSR count). The summed E-state index contributed by atoms with van der Waals surface area (Å²) in [6.07, 6.45) is 1.71. The maximum atomic E-state index is 13.6. The number of carbonyl (C=O) groups excluding carboxylic acids is 3. The van der Waals surface area contributed by atoms with Crippen molar-refractivity contribution in [3.8, 4) is 0 Å². The SMILES string of the molecule is O=CN1CCN(C(=O)C2(C(=O)Nc3ccccc3F)CC2)CC1. The van der Waals surface area contributed by atoms with Crippen LogP contribution in [-0.4, -0.2) is 54.2 Å². The summed E-state index contributed by atoms with van der Waals surface area (Å²) in [6, 6.07) is 5.89. The van der Waals surface area contributed by atoms with Crippen LogP contribution in [0.4, 0.5) is 10.1 Å². The molecule has 122 valence electrons. The predicted molar refractivity (Wildman–Crippen MR) is 80.9 cm³/mol. The zero-order chi connectivity index (χ0) is 16.4. The fourth-order valence-electron chi connectivity index (χ4n) is 2.80. The number of rotatable bonds is 4. The molecule has 2 fully saturated rings. The fourth-order valence-corrected chi connectivity index (χ4v) is 2.80. The lowest BCUT2D eigenvalue weighted by Gasteiger charge is -2.34. The van der Waals surface area contributed by atoms with E-state index in [1.54, 1.807) is 15.9 Å². The number of para-hydroxylation sites is 1. The van der Waals surface area contributed by atoms with E-state index in [-0.39, 0.29) is 11.6 Å². The largest absolute Gasteiger partial charge is 0.342 e. The molecule has 6 nitrogen and oxygen atoms in total. The first kappa shape index (κ1) is 15.5. The molecular weight excluding hydrogens is 301 g/mol. The molecule has 1 heterocycles. The molecular formula is C16H18FN3O3. The van der Waals surface area contributed by atoms with Gasteiger partial charge in [-0.15, -0.1) is 0 Å². The Morgan fingerprint density at radius 2 is 1.78 bits per heavy atom. The number of anilines is 1. The van der Waals surface area contributed by atoms with Crippen molar-refractivity contribution in [3.05, 3.63) is 30.1 Å². The highest BCUT2D eigenvalue weighted by atomic mass is 19.1. The number of nitrogens with one attached hydrogen (secondary N) is 1. The standard InChI is InChI=1S/C16H18FN3O3/c17-12-3-1-2-4-13(12)18-14(22)16(5-6-16)15(23)20-9-7-19(11-21)8-10-20/h1-4,11H,5-10H2,(H,18,22). The minimum Gasteiger partial charge on any atom is -0.342 e. The fraction of sp³-hybridized carbons (Fsp3) is 0.438. The van der Waals surface area contributed by atoms with E-state index in [0.29, 0.717) is 39.0 Å². The molecule has 1 aliphatic heterocycles. The maximum Gasteiger partial charge on any atom is 0.240 e. The number of piperazine rings is 1. The first-order valence-electron chi connectivity index (χ1n) is 7.61. The molecule has 0 atom stereocenters. The Hall–Kier alpha value is -2.44. The Balaban J connectivity index is 1.67. The van der Waals surface area contributed by atoms with Crippen molar-refractivity contribution in [3.63, 3.8) is 0 Å². The van der Waals surface area contributed by atoms with Crippen LogP contribution >= 0.6 is 0 Å². The minimum atomic E-state index is -1.08. The first-order valence-corrected chi connectivity index (χ1v) is 7.61. The molecule has 1 aliphatic carbocycles. The molecule has 0 unspecified atom stereocenters. The molecule has 0 bridgehead atoms. The van der Waals surface area contributed by atoms with Crippen molar-refractivity contribution in [1.82, 2.24) is 9.80 Å². The van der Waals surface area contributed by atoms with Crippen LogP contribution in [0.3, 0.4) is 0 Å². The lowest BCUT2D eigenvalue weighted by atomic mass is 10.0. The van der Waals surface area contributed by atoms with Gasteiger partial charge >= 0.3 is 0 Å². The lowest BCUT2D eigenvalue weighted by molar-refractivity contribution is -0.144. The zero-order valence-electron chi connectivity index (χ0n) is 12.6. The van der Waals surface area contributed by atoms with Crippen molar-refractivity contribution < 1.29 is 18.8 Å². The van der Waals surface area contributed by atoms with Crippen molar-refractivity contribution in [2.75, 3.05) is 31.5 Å². The van der Waals surface area contributed by atoms with Gasteiger partial charge in [-0.25, -0.2) is 4.39 Å². The third-order valence-electron chi connectivity index (χ3n) is 4.47. The average Bonchev–Trinajstić information content (AvgIpc) is 3.38. The van der Waals surface area contributed by atoms with Crippen LogP contribution in [0, 0.1) is 11.2 Å². The van der Waals surface area contributed by atoms with Gasteiger partial charge in [0.1, 0.15) is 11.2 Å². The van der Waals surface area contributed by atoms with Gasteiger partial charge in [0.2, 0.25) is 18.2 Å². The van der Waals surface area contributed by atoms with E-state index < -0.39 is 17.1 Å². The van der Waals surface area contributed by atoms with E-state index in [1.807, 2.05) is 0 Å². The van der Waals surface area contributed by atoms with Gasteiger partial charge in [-0.2, -0.15) is 0 Å². The molecule has 0 radical (unpaired) electrons. The summed E-state index contributed by atoms with van der Waals surface area (Å²) < 4.78 is 13.6. The summed E-state index contributed by atoms with van der Waals surface area (Å²) in [5, 5.41) is 2.52. The molecule has 7 heteroatoms. The molecule has 1 saturated heterocycles. The van der Waals surface area contributed by atoms with Gasteiger partial charge in [-0.3, -0.25) is 14.4 Å². The summed E-state index contributed by atoms with van der Waals surface area (Å²) in [7, 11) is 0. The summed E-state index contributed by atoms with van der Waals surface area (Å²) in [5.41, 5.74) is -0.992. The smallest absolute Gasteiger partial charge is 0.240 e.